The Hall–Kier alpha value is -1.94. The minimum absolute atomic E-state index is 0.0461. The van der Waals surface area contributed by atoms with Gasteiger partial charge in [0.2, 0.25) is 0 Å². The van der Waals surface area contributed by atoms with Crippen molar-refractivity contribution in [1.82, 2.24) is 9.97 Å². The molecule has 0 spiro atoms. The fourth-order valence-electron chi connectivity index (χ4n) is 1.54. The van der Waals surface area contributed by atoms with Crippen molar-refractivity contribution < 1.29 is 4.79 Å². The number of benzene rings is 1. The molecule has 0 radical (unpaired) electrons. The van der Waals surface area contributed by atoms with Crippen LogP contribution in [-0.4, -0.2) is 21.8 Å². The third kappa shape index (κ3) is 2.35. The number of carbonyl (C=O) groups is 1. The van der Waals surface area contributed by atoms with Gasteiger partial charge in [0.05, 0.1) is 12.4 Å². The molecule has 82 valence electrons. The fraction of sp³-hybridized carbons (Fsp3) is 0.167. The van der Waals surface area contributed by atoms with Crippen LogP contribution in [0.5, 0.6) is 0 Å². The molecule has 4 nitrogen and oxygen atoms in total. The fourth-order valence-corrected chi connectivity index (χ4v) is 1.54. The summed E-state index contributed by atoms with van der Waals surface area (Å²) in [5, 5.41) is 0. The maximum absolute atomic E-state index is 11.9. The number of hydrogen-bond donors (Lipinski definition) is 2. The Labute approximate surface area is 93.5 Å². The lowest BCUT2D eigenvalue weighted by atomic mass is 10.0. The first-order chi connectivity index (χ1) is 7.77. The van der Waals surface area contributed by atoms with Crippen LogP contribution in [0.2, 0.25) is 0 Å². The van der Waals surface area contributed by atoms with E-state index in [-0.39, 0.29) is 5.78 Å². The molecular weight excluding hydrogens is 202 g/mol. The Morgan fingerprint density at radius 1 is 1.38 bits per heavy atom. The summed E-state index contributed by atoms with van der Waals surface area (Å²) in [5.74, 6) is -0.0461. The zero-order chi connectivity index (χ0) is 11.4. The van der Waals surface area contributed by atoms with Crippen LogP contribution in [0.25, 0.3) is 0 Å². The lowest BCUT2D eigenvalue weighted by molar-refractivity contribution is 0.0960. The number of aromatic nitrogens is 2. The Morgan fingerprint density at radius 3 is 2.75 bits per heavy atom. The summed E-state index contributed by atoms with van der Waals surface area (Å²) in [4.78, 5) is 18.7. The first-order valence-electron chi connectivity index (χ1n) is 5.09. The van der Waals surface area contributed by atoms with Crippen molar-refractivity contribution in [2.45, 2.75) is 12.5 Å². The van der Waals surface area contributed by atoms with Crippen molar-refractivity contribution in [2.24, 2.45) is 5.73 Å². The Morgan fingerprint density at radius 2 is 2.12 bits per heavy atom. The minimum atomic E-state index is -0.525. The van der Waals surface area contributed by atoms with Gasteiger partial charge in [-0.1, -0.05) is 30.3 Å². The maximum Gasteiger partial charge on any atom is 0.179 e. The molecule has 1 aromatic heterocycles. The van der Waals surface area contributed by atoms with E-state index in [0.717, 1.165) is 5.69 Å². The van der Waals surface area contributed by atoms with Crippen LogP contribution >= 0.6 is 0 Å². The van der Waals surface area contributed by atoms with Crippen molar-refractivity contribution in [3.8, 4) is 0 Å². The number of ketones is 1. The van der Waals surface area contributed by atoms with Gasteiger partial charge in [0.1, 0.15) is 0 Å². The predicted molar refractivity (Wildman–Crippen MR) is 61.0 cm³/mol. The number of nitrogens with one attached hydrogen (secondary N) is 1. The van der Waals surface area contributed by atoms with Crippen LogP contribution in [0.4, 0.5) is 0 Å². The van der Waals surface area contributed by atoms with E-state index in [1.807, 2.05) is 18.2 Å². The predicted octanol–water partition coefficient (Wildman–Crippen LogP) is 1.16. The number of aromatic amines is 1. The van der Waals surface area contributed by atoms with Crippen LogP contribution in [0.1, 0.15) is 16.1 Å². The van der Waals surface area contributed by atoms with Crippen LogP contribution in [0, 0.1) is 0 Å². The van der Waals surface area contributed by atoms with Crippen LogP contribution in [0.15, 0.2) is 42.9 Å². The van der Waals surface area contributed by atoms with Gasteiger partial charge in [-0.05, 0) is 0 Å². The molecule has 4 heteroatoms. The quantitative estimate of drug-likeness (QED) is 0.752. The van der Waals surface area contributed by atoms with Gasteiger partial charge in [0, 0.05) is 23.9 Å². The van der Waals surface area contributed by atoms with E-state index in [1.165, 1.54) is 0 Å². The molecule has 1 atom stereocenters. The monoisotopic (exact) mass is 215 g/mol. The smallest absolute Gasteiger partial charge is 0.179 e. The highest BCUT2D eigenvalue weighted by atomic mass is 16.1. The number of carbonyl (C=O) groups excluding carboxylic acids is 1. The van der Waals surface area contributed by atoms with E-state index >= 15 is 0 Å². The van der Waals surface area contributed by atoms with Gasteiger partial charge in [-0.25, -0.2) is 4.98 Å². The number of imidazole rings is 1. The largest absolute Gasteiger partial charge is 0.348 e. The molecule has 3 N–H and O–H groups in total. The van der Waals surface area contributed by atoms with Crippen LogP contribution in [0.3, 0.4) is 0 Å². The number of rotatable bonds is 4. The Balaban J connectivity index is 2.05. The SMILES string of the molecule is N[C@@H](Cc1cnc[nH]1)C(=O)c1ccccc1. The van der Waals surface area contributed by atoms with E-state index in [1.54, 1.807) is 24.7 Å². The van der Waals surface area contributed by atoms with Gasteiger partial charge in [-0.3, -0.25) is 4.79 Å². The van der Waals surface area contributed by atoms with Crippen LogP contribution < -0.4 is 5.73 Å². The molecule has 1 aromatic carbocycles. The third-order valence-corrected chi connectivity index (χ3v) is 2.39. The summed E-state index contributed by atoms with van der Waals surface area (Å²) in [6.07, 6.45) is 3.74. The summed E-state index contributed by atoms with van der Waals surface area (Å²) in [6, 6.07) is 8.55. The summed E-state index contributed by atoms with van der Waals surface area (Å²) >= 11 is 0. The number of H-pyrrole nitrogens is 1. The van der Waals surface area contributed by atoms with Crippen molar-refractivity contribution >= 4 is 5.78 Å². The lowest BCUT2D eigenvalue weighted by Crippen LogP contribution is -2.32. The molecule has 0 bridgehead atoms. The molecule has 16 heavy (non-hydrogen) atoms. The first kappa shape index (κ1) is 10.6. The zero-order valence-corrected chi connectivity index (χ0v) is 8.76. The summed E-state index contributed by atoms with van der Waals surface area (Å²) in [5.41, 5.74) is 7.36. The average Bonchev–Trinajstić information content (AvgIpc) is 2.82. The highest BCUT2D eigenvalue weighted by molar-refractivity contribution is 6.00. The third-order valence-electron chi connectivity index (χ3n) is 2.39. The molecule has 0 aliphatic heterocycles. The molecule has 0 amide bonds. The molecule has 0 aliphatic carbocycles. The molecule has 2 aromatic rings. The van der Waals surface area contributed by atoms with E-state index in [9.17, 15) is 4.79 Å². The second kappa shape index (κ2) is 4.72. The summed E-state index contributed by atoms with van der Waals surface area (Å²) in [7, 11) is 0. The normalized spacial score (nSPS) is 12.3. The molecule has 1 heterocycles. The lowest BCUT2D eigenvalue weighted by Gasteiger charge is -2.08. The molecular formula is C12H13N3O. The highest BCUT2D eigenvalue weighted by Gasteiger charge is 2.16. The van der Waals surface area contributed by atoms with Crippen molar-refractivity contribution in [3.05, 3.63) is 54.1 Å². The van der Waals surface area contributed by atoms with Gasteiger partial charge in [-0.15, -0.1) is 0 Å². The van der Waals surface area contributed by atoms with Gasteiger partial charge < -0.3 is 10.7 Å². The Kier molecular flexibility index (Phi) is 3.12. The second-order valence-corrected chi connectivity index (χ2v) is 3.62. The van der Waals surface area contributed by atoms with E-state index in [4.69, 9.17) is 5.73 Å². The summed E-state index contributed by atoms with van der Waals surface area (Å²) in [6.45, 7) is 0. The van der Waals surface area contributed by atoms with Gasteiger partial charge in [-0.2, -0.15) is 0 Å². The molecule has 0 aliphatic rings. The second-order valence-electron chi connectivity index (χ2n) is 3.62. The minimum Gasteiger partial charge on any atom is -0.348 e. The average molecular weight is 215 g/mol. The van der Waals surface area contributed by atoms with E-state index in [0.29, 0.717) is 12.0 Å². The molecule has 0 saturated carbocycles. The van der Waals surface area contributed by atoms with E-state index in [2.05, 4.69) is 9.97 Å². The number of hydrogen-bond acceptors (Lipinski definition) is 3. The molecule has 0 saturated heterocycles. The number of nitrogens with two attached hydrogens (primary N) is 1. The highest BCUT2D eigenvalue weighted by Crippen LogP contribution is 2.05. The number of Topliss-reactive ketones (excluding diaryl/α,β-unsaturated/α-hetero) is 1. The molecule has 0 fully saturated rings. The standard InChI is InChI=1S/C12H13N3O/c13-11(6-10-7-14-8-15-10)12(16)9-4-2-1-3-5-9/h1-5,7-8,11H,6,13H2,(H,14,15)/t11-/m0/s1. The Bertz CT molecular complexity index is 450. The van der Waals surface area contributed by atoms with Crippen LogP contribution in [-0.2, 0) is 6.42 Å². The topological polar surface area (TPSA) is 71.8 Å². The van der Waals surface area contributed by atoms with E-state index < -0.39 is 6.04 Å². The van der Waals surface area contributed by atoms with Gasteiger partial charge >= 0.3 is 0 Å². The van der Waals surface area contributed by atoms with Crippen molar-refractivity contribution in [2.75, 3.05) is 0 Å². The maximum atomic E-state index is 11.9. The van der Waals surface area contributed by atoms with Gasteiger partial charge in [0.15, 0.2) is 5.78 Å². The zero-order valence-electron chi connectivity index (χ0n) is 8.76. The summed E-state index contributed by atoms with van der Waals surface area (Å²) < 4.78 is 0. The van der Waals surface area contributed by atoms with Gasteiger partial charge in [0.25, 0.3) is 0 Å². The van der Waals surface area contributed by atoms with Crippen molar-refractivity contribution in [1.29, 1.82) is 0 Å². The van der Waals surface area contributed by atoms with Crippen molar-refractivity contribution in [3.63, 3.8) is 0 Å². The molecule has 0 unspecified atom stereocenters. The first-order valence-corrected chi connectivity index (χ1v) is 5.09. The molecule has 2 rings (SSSR count). The number of nitrogens with zero attached hydrogens (tertiary/aromatic N) is 1.